The van der Waals surface area contributed by atoms with E-state index in [-0.39, 0.29) is 29.6 Å². The standard InChI is InChI=1S/C6H10O3.C3H7O.2CH3O.Al/c1-2-3-5(7)4-6(8)9;1-3(2)4;2*1-2;/h2-4H2,1H3,(H,8,9);3H,1-2H3;2*1H3;/q;3*-1;+3. The summed E-state index contributed by atoms with van der Waals surface area (Å²) in [6.45, 7) is 5.07. The summed E-state index contributed by atoms with van der Waals surface area (Å²) in [6, 6.07) is 0. The van der Waals surface area contributed by atoms with Crippen molar-refractivity contribution in [1.82, 2.24) is 0 Å². The summed E-state index contributed by atoms with van der Waals surface area (Å²) in [6.07, 6.45) is 0.367. The van der Waals surface area contributed by atoms with E-state index in [9.17, 15) is 14.7 Å². The molecule has 0 unspecified atom stereocenters. The second kappa shape index (κ2) is 30.0. The number of aliphatic carboxylic acids is 1. The van der Waals surface area contributed by atoms with E-state index in [0.717, 1.165) is 20.6 Å². The van der Waals surface area contributed by atoms with E-state index in [2.05, 4.69) is 0 Å². The normalized spacial score (nSPS) is 7.17. The van der Waals surface area contributed by atoms with Crippen LogP contribution < -0.4 is 15.3 Å². The van der Waals surface area contributed by atoms with Crippen molar-refractivity contribution in [1.29, 1.82) is 0 Å². The van der Waals surface area contributed by atoms with Crippen molar-refractivity contribution in [3.05, 3.63) is 0 Å². The first-order chi connectivity index (χ1) is 7.90. The number of carboxylic acid groups (broad SMARTS) is 1. The van der Waals surface area contributed by atoms with Crippen LogP contribution in [0.3, 0.4) is 0 Å². The van der Waals surface area contributed by atoms with Gasteiger partial charge < -0.3 is 20.4 Å². The van der Waals surface area contributed by atoms with Crippen LogP contribution in [0.4, 0.5) is 0 Å². The number of hydrogen-bond acceptors (Lipinski definition) is 5. The van der Waals surface area contributed by atoms with Gasteiger partial charge in [0.2, 0.25) is 0 Å². The molecule has 0 aromatic rings. The van der Waals surface area contributed by atoms with E-state index in [1.807, 2.05) is 6.92 Å². The van der Waals surface area contributed by atoms with Crippen LogP contribution in [0.2, 0.25) is 0 Å². The van der Waals surface area contributed by atoms with Crippen LogP contribution in [0.1, 0.15) is 40.0 Å². The zero-order valence-electron chi connectivity index (χ0n) is 11.8. The smallest absolute Gasteiger partial charge is 0.857 e. The molecule has 0 bridgehead atoms. The first-order valence-corrected chi connectivity index (χ1v) is 5.11. The van der Waals surface area contributed by atoms with Gasteiger partial charge >= 0.3 is 23.3 Å². The number of Topliss-reactive ketones (excluding diaryl/α,β-unsaturated/α-hetero) is 1. The Balaban J connectivity index is -0.0000000532. The van der Waals surface area contributed by atoms with Crippen molar-refractivity contribution in [2.45, 2.75) is 46.1 Å². The van der Waals surface area contributed by atoms with Gasteiger partial charge in [-0.25, -0.2) is 0 Å². The molecule has 0 radical (unpaired) electrons. The number of carboxylic acids is 1. The third kappa shape index (κ3) is 76.7. The largest absolute Gasteiger partial charge is 3.00 e. The number of ketones is 1. The molecule has 0 saturated carbocycles. The summed E-state index contributed by atoms with van der Waals surface area (Å²) in [5, 5.41) is 34.1. The van der Waals surface area contributed by atoms with Gasteiger partial charge in [-0.05, 0) is 6.42 Å². The molecule has 0 aromatic carbocycles. The Labute approximate surface area is 120 Å². The average molecular weight is 278 g/mol. The van der Waals surface area contributed by atoms with Crippen LogP contribution in [-0.4, -0.2) is 54.5 Å². The molecule has 0 fully saturated rings. The third-order valence-corrected chi connectivity index (χ3v) is 0.877. The monoisotopic (exact) mass is 278 g/mol. The molecule has 106 valence electrons. The second-order valence-corrected chi connectivity index (χ2v) is 2.91. The van der Waals surface area contributed by atoms with Gasteiger partial charge in [-0.2, -0.15) is 14.2 Å². The molecule has 6 nitrogen and oxygen atoms in total. The number of carbonyl (C=O) groups is 2. The number of carbonyl (C=O) groups excluding carboxylic acids is 1. The van der Waals surface area contributed by atoms with E-state index in [1.165, 1.54) is 0 Å². The number of hydrogen-bond donors (Lipinski definition) is 1. The summed E-state index contributed by atoms with van der Waals surface area (Å²) in [5.41, 5.74) is 0. The average Bonchev–Trinajstić information content (AvgIpc) is 2.22. The van der Waals surface area contributed by atoms with Crippen LogP contribution in [0, 0.1) is 0 Å². The Bertz CT molecular complexity index is 159. The fourth-order valence-corrected chi connectivity index (χ4v) is 0.536. The summed E-state index contributed by atoms with van der Waals surface area (Å²) < 4.78 is 0. The molecule has 0 aliphatic rings. The van der Waals surface area contributed by atoms with Gasteiger partial charge in [0.25, 0.3) is 0 Å². The van der Waals surface area contributed by atoms with E-state index in [1.54, 1.807) is 13.8 Å². The summed E-state index contributed by atoms with van der Waals surface area (Å²) >= 11 is 0. The Hall–Kier alpha value is -0.448. The van der Waals surface area contributed by atoms with E-state index < -0.39 is 12.1 Å². The topological polar surface area (TPSA) is 124 Å². The second-order valence-electron chi connectivity index (χ2n) is 2.91. The molecule has 0 aromatic heterocycles. The van der Waals surface area contributed by atoms with Crippen LogP contribution in [0.15, 0.2) is 0 Å². The molecule has 0 aliphatic heterocycles. The van der Waals surface area contributed by atoms with E-state index in [0.29, 0.717) is 6.42 Å². The van der Waals surface area contributed by atoms with Gasteiger partial charge in [0, 0.05) is 6.42 Å². The minimum Gasteiger partial charge on any atom is -0.857 e. The fraction of sp³-hybridized carbons (Fsp3) is 0.818. The van der Waals surface area contributed by atoms with Gasteiger partial charge in [0.1, 0.15) is 12.2 Å². The molecule has 0 rings (SSSR count). The van der Waals surface area contributed by atoms with Crippen LogP contribution in [0.5, 0.6) is 0 Å². The molecule has 0 amide bonds. The Morgan fingerprint density at radius 3 is 1.56 bits per heavy atom. The zero-order valence-corrected chi connectivity index (χ0v) is 12.9. The first kappa shape index (κ1) is 30.5. The molecule has 0 saturated heterocycles. The van der Waals surface area contributed by atoms with Gasteiger partial charge in [0.15, 0.2) is 0 Å². The Morgan fingerprint density at radius 2 is 1.39 bits per heavy atom. The van der Waals surface area contributed by atoms with Crippen LogP contribution in [-0.2, 0) is 9.59 Å². The van der Waals surface area contributed by atoms with Crippen molar-refractivity contribution in [3.8, 4) is 0 Å². The summed E-state index contributed by atoms with van der Waals surface area (Å²) in [7, 11) is 1.50. The predicted molar refractivity (Wildman–Crippen MR) is 64.9 cm³/mol. The fourth-order valence-electron chi connectivity index (χ4n) is 0.536. The van der Waals surface area contributed by atoms with Crippen LogP contribution in [0.25, 0.3) is 0 Å². The zero-order chi connectivity index (χ0) is 14.9. The molecule has 0 aliphatic carbocycles. The van der Waals surface area contributed by atoms with Gasteiger partial charge in [-0.1, -0.05) is 20.8 Å². The summed E-state index contributed by atoms with van der Waals surface area (Å²) in [4.78, 5) is 20.3. The van der Waals surface area contributed by atoms with Gasteiger partial charge in [0.05, 0.1) is 0 Å². The number of rotatable bonds is 4. The van der Waals surface area contributed by atoms with Crippen molar-refractivity contribution < 1.29 is 30.0 Å². The SMILES string of the molecule is CC(C)[O-].CCCC(=O)CC(=O)O.C[O-].C[O-].[Al+3]. The van der Waals surface area contributed by atoms with Crippen LogP contribution >= 0.6 is 0 Å². The van der Waals surface area contributed by atoms with Crippen molar-refractivity contribution in [2.24, 2.45) is 0 Å². The molecule has 1 N–H and O–H groups in total. The molecule has 7 heteroatoms. The molecular formula is C11H23AlO6. The third-order valence-electron chi connectivity index (χ3n) is 0.877. The molecule has 0 spiro atoms. The Kier molecular flexibility index (Phi) is 50.9. The maximum Gasteiger partial charge on any atom is 3.00 e. The minimum atomic E-state index is -1.03. The van der Waals surface area contributed by atoms with Crippen molar-refractivity contribution >= 4 is 29.1 Å². The molecule has 0 atom stereocenters. The molecule has 0 heterocycles. The Morgan fingerprint density at radius 1 is 1.11 bits per heavy atom. The molecular weight excluding hydrogens is 255 g/mol. The van der Waals surface area contributed by atoms with E-state index in [4.69, 9.17) is 15.3 Å². The quantitative estimate of drug-likeness (QED) is 0.476. The van der Waals surface area contributed by atoms with Crippen molar-refractivity contribution in [3.63, 3.8) is 0 Å². The van der Waals surface area contributed by atoms with E-state index >= 15 is 0 Å². The molecule has 18 heavy (non-hydrogen) atoms. The minimum absolute atomic E-state index is 0. The van der Waals surface area contributed by atoms with Gasteiger partial charge in [-0.15, -0.1) is 6.10 Å². The van der Waals surface area contributed by atoms with Crippen molar-refractivity contribution in [2.75, 3.05) is 14.2 Å². The maximum atomic E-state index is 10.5. The predicted octanol–water partition coefficient (Wildman–Crippen LogP) is -1.84. The maximum absolute atomic E-state index is 10.5. The summed E-state index contributed by atoms with van der Waals surface area (Å²) in [5.74, 6) is -1.22. The first-order valence-electron chi connectivity index (χ1n) is 5.11. The van der Waals surface area contributed by atoms with Gasteiger partial charge in [-0.3, -0.25) is 9.59 Å².